The summed E-state index contributed by atoms with van der Waals surface area (Å²) in [6, 6.07) is 9.87. The number of fused-ring (bicyclic) bond motifs is 3. The molecule has 7 nitrogen and oxygen atoms in total. The van der Waals surface area contributed by atoms with E-state index in [1.807, 2.05) is 6.92 Å². The lowest BCUT2D eigenvalue weighted by atomic mass is 9.98. The average molecular weight is 422 g/mol. The van der Waals surface area contributed by atoms with E-state index in [4.69, 9.17) is 13.6 Å². The Hall–Kier alpha value is -3.74. The molecular formula is C24H22O7. The van der Waals surface area contributed by atoms with E-state index in [9.17, 15) is 19.8 Å². The van der Waals surface area contributed by atoms with Crippen molar-refractivity contribution in [3.8, 4) is 22.8 Å². The maximum absolute atomic E-state index is 12.3. The number of carbonyl (C=O) groups is 1. The van der Waals surface area contributed by atoms with E-state index < -0.39 is 11.6 Å². The SMILES string of the molecule is CCCCc1cc(=O)oc2c1cc(O)c1oc(-c3ccc(OC)cc3)c(CC(=O)O)c12. The van der Waals surface area contributed by atoms with Crippen LogP contribution in [0.5, 0.6) is 11.5 Å². The van der Waals surface area contributed by atoms with Gasteiger partial charge in [0.25, 0.3) is 0 Å². The highest BCUT2D eigenvalue weighted by molar-refractivity contribution is 6.10. The van der Waals surface area contributed by atoms with Crippen LogP contribution in [0.4, 0.5) is 0 Å². The van der Waals surface area contributed by atoms with Crippen LogP contribution in [0.15, 0.2) is 50.0 Å². The van der Waals surface area contributed by atoms with Crippen LogP contribution in [0.25, 0.3) is 33.3 Å². The second-order valence-electron chi connectivity index (χ2n) is 7.38. The van der Waals surface area contributed by atoms with Gasteiger partial charge < -0.3 is 23.8 Å². The number of benzene rings is 2. The van der Waals surface area contributed by atoms with Crippen molar-refractivity contribution in [2.24, 2.45) is 0 Å². The average Bonchev–Trinajstić information content (AvgIpc) is 3.12. The van der Waals surface area contributed by atoms with Gasteiger partial charge in [-0.25, -0.2) is 4.79 Å². The molecule has 0 atom stereocenters. The predicted octanol–water partition coefficient (Wildman–Crippen LogP) is 4.89. The van der Waals surface area contributed by atoms with Crippen molar-refractivity contribution in [2.75, 3.05) is 7.11 Å². The molecular weight excluding hydrogens is 400 g/mol. The molecule has 0 radical (unpaired) electrons. The summed E-state index contributed by atoms with van der Waals surface area (Å²) >= 11 is 0. The zero-order valence-corrected chi connectivity index (χ0v) is 17.2. The molecule has 0 amide bonds. The second-order valence-corrected chi connectivity index (χ2v) is 7.38. The van der Waals surface area contributed by atoms with Gasteiger partial charge in [-0.3, -0.25) is 4.79 Å². The lowest BCUT2D eigenvalue weighted by Crippen LogP contribution is -2.03. The quantitative estimate of drug-likeness (QED) is 0.408. The van der Waals surface area contributed by atoms with E-state index in [1.54, 1.807) is 31.4 Å². The molecule has 0 fully saturated rings. The Morgan fingerprint density at radius 1 is 1.10 bits per heavy atom. The topological polar surface area (TPSA) is 110 Å². The minimum Gasteiger partial charge on any atom is -0.504 e. The largest absolute Gasteiger partial charge is 0.504 e. The molecule has 0 aliphatic heterocycles. The Morgan fingerprint density at radius 2 is 1.84 bits per heavy atom. The summed E-state index contributed by atoms with van der Waals surface area (Å²) in [6.07, 6.45) is 2.08. The van der Waals surface area contributed by atoms with Crippen molar-refractivity contribution in [3.63, 3.8) is 0 Å². The Bertz CT molecular complexity index is 1330. The van der Waals surface area contributed by atoms with Gasteiger partial charge in [-0.1, -0.05) is 13.3 Å². The highest BCUT2D eigenvalue weighted by Crippen LogP contribution is 2.43. The molecule has 0 spiro atoms. The Kier molecular flexibility index (Phi) is 5.42. The first kappa shape index (κ1) is 20.5. The molecule has 7 heteroatoms. The first-order valence-electron chi connectivity index (χ1n) is 10.0. The number of carboxylic acids is 1. The minimum absolute atomic E-state index is 0.0883. The van der Waals surface area contributed by atoms with Crippen molar-refractivity contribution >= 4 is 27.9 Å². The molecule has 0 aliphatic carbocycles. The summed E-state index contributed by atoms with van der Waals surface area (Å²) in [5.41, 5.74) is 1.49. The number of rotatable bonds is 7. The number of phenolic OH excluding ortho intramolecular Hbond substituents is 1. The molecule has 2 N–H and O–H groups in total. The zero-order valence-electron chi connectivity index (χ0n) is 17.2. The Balaban J connectivity index is 2.07. The van der Waals surface area contributed by atoms with Crippen LogP contribution in [0, 0.1) is 0 Å². The molecule has 160 valence electrons. The Morgan fingerprint density at radius 3 is 2.48 bits per heavy atom. The molecule has 2 aromatic heterocycles. The number of phenols is 1. The molecule has 0 unspecified atom stereocenters. The normalized spacial score (nSPS) is 11.3. The maximum Gasteiger partial charge on any atom is 0.336 e. The molecule has 0 saturated carbocycles. The number of aromatic hydroxyl groups is 1. The van der Waals surface area contributed by atoms with Gasteiger partial charge >= 0.3 is 11.6 Å². The van der Waals surface area contributed by atoms with Gasteiger partial charge in [0, 0.05) is 22.6 Å². The lowest BCUT2D eigenvalue weighted by Gasteiger charge is -2.07. The van der Waals surface area contributed by atoms with Crippen molar-refractivity contribution in [1.29, 1.82) is 0 Å². The maximum atomic E-state index is 12.3. The number of hydrogen-bond acceptors (Lipinski definition) is 6. The van der Waals surface area contributed by atoms with Gasteiger partial charge in [-0.15, -0.1) is 0 Å². The summed E-state index contributed by atoms with van der Waals surface area (Å²) in [7, 11) is 1.55. The number of ether oxygens (including phenoxy) is 1. The third-order valence-corrected chi connectivity index (χ3v) is 5.31. The third-order valence-electron chi connectivity index (χ3n) is 5.31. The van der Waals surface area contributed by atoms with Crippen LogP contribution in [-0.2, 0) is 17.6 Å². The number of unbranched alkanes of at least 4 members (excludes halogenated alkanes) is 1. The van der Waals surface area contributed by atoms with E-state index in [0.29, 0.717) is 39.8 Å². The van der Waals surface area contributed by atoms with Gasteiger partial charge in [0.1, 0.15) is 17.1 Å². The summed E-state index contributed by atoms with van der Waals surface area (Å²) in [5, 5.41) is 21.1. The Labute approximate surface area is 177 Å². The van der Waals surface area contributed by atoms with E-state index in [2.05, 4.69) is 0 Å². The van der Waals surface area contributed by atoms with Crippen LogP contribution in [0.1, 0.15) is 30.9 Å². The van der Waals surface area contributed by atoms with Crippen molar-refractivity contribution in [3.05, 3.63) is 57.9 Å². The predicted molar refractivity (Wildman–Crippen MR) is 116 cm³/mol. The fraction of sp³-hybridized carbons (Fsp3) is 0.250. The van der Waals surface area contributed by atoms with Crippen LogP contribution in [0.3, 0.4) is 0 Å². The van der Waals surface area contributed by atoms with Crippen LogP contribution in [0.2, 0.25) is 0 Å². The number of hydrogen-bond donors (Lipinski definition) is 2. The first-order valence-corrected chi connectivity index (χ1v) is 10.0. The number of furan rings is 1. The smallest absolute Gasteiger partial charge is 0.336 e. The molecule has 0 bridgehead atoms. The molecule has 4 rings (SSSR count). The van der Waals surface area contributed by atoms with Gasteiger partial charge in [0.05, 0.1) is 18.9 Å². The lowest BCUT2D eigenvalue weighted by molar-refractivity contribution is -0.136. The summed E-state index contributed by atoms with van der Waals surface area (Å²) in [4.78, 5) is 24.0. The highest BCUT2D eigenvalue weighted by atomic mass is 16.5. The van der Waals surface area contributed by atoms with E-state index in [-0.39, 0.29) is 23.3 Å². The van der Waals surface area contributed by atoms with Gasteiger partial charge in [-0.05, 0) is 48.7 Å². The molecule has 0 aliphatic rings. The van der Waals surface area contributed by atoms with Crippen LogP contribution >= 0.6 is 0 Å². The molecule has 0 saturated heterocycles. The van der Waals surface area contributed by atoms with Gasteiger partial charge in [-0.2, -0.15) is 0 Å². The molecule has 31 heavy (non-hydrogen) atoms. The number of aliphatic carboxylic acids is 1. The van der Waals surface area contributed by atoms with Crippen molar-refractivity contribution < 1.29 is 28.6 Å². The standard InChI is InChI=1S/C24H22O7/c1-3-4-5-14-10-20(28)30-23-16(14)11-18(25)24-21(23)17(12-19(26)27)22(31-24)13-6-8-15(29-2)9-7-13/h6-11,25H,3-5,12H2,1-2H3,(H,26,27). The van der Waals surface area contributed by atoms with Crippen molar-refractivity contribution in [1.82, 2.24) is 0 Å². The molecule has 2 heterocycles. The highest BCUT2D eigenvalue weighted by Gasteiger charge is 2.25. The second kappa shape index (κ2) is 8.18. The summed E-state index contributed by atoms with van der Waals surface area (Å²) in [5.74, 6) is -0.275. The van der Waals surface area contributed by atoms with Crippen LogP contribution < -0.4 is 10.4 Å². The summed E-state index contributed by atoms with van der Waals surface area (Å²) < 4.78 is 16.6. The van der Waals surface area contributed by atoms with Gasteiger partial charge in [0.2, 0.25) is 0 Å². The van der Waals surface area contributed by atoms with E-state index in [0.717, 1.165) is 18.4 Å². The number of methoxy groups -OCH3 is 1. The number of aryl methyl sites for hydroxylation is 1. The molecule has 4 aromatic rings. The molecule has 2 aromatic carbocycles. The summed E-state index contributed by atoms with van der Waals surface area (Å²) in [6.45, 7) is 2.05. The fourth-order valence-corrected chi connectivity index (χ4v) is 3.85. The van der Waals surface area contributed by atoms with Crippen LogP contribution in [-0.4, -0.2) is 23.3 Å². The van der Waals surface area contributed by atoms with E-state index in [1.165, 1.54) is 12.1 Å². The van der Waals surface area contributed by atoms with E-state index >= 15 is 0 Å². The fourth-order valence-electron chi connectivity index (χ4n) is 3.85. The van der Waals surface area contributed by atoms with Gasteiger partial charge in [0.15, 0.2) is 11.3 Å². The third kappa shape index (κ3) is 3.74. The monoisotopic (exact) mass is 422 g/mol. The van der Waals surface area contributed by atoms with Crippen molar-refractivity contribution in [2.45, 2.75) is 32.6 Å². The zero-order chi connectivity index (χ0) is 22.1. The number of carboxylic acid groups (broad SMARTS) is 1. The first-order chi connectivity index (χ1) is 14.9. The minimum atomic E-state index is -1.07.